The Bertz CT molecular complexity index is 184. The molecular weight excluding hydrogens is 184 g/mol. The molecular formula is C9H18N2OS. The molecule has 0 aromatic heterocycles. The average molecular weight is 202 g/mol. The third kappa shape index (κ3) is 3.56. The molecule has 1 heterocycles. The number of hydrogen-bond donors (Lipinski definition) is 1. The van der Waals surface area contributed by atoms with Gasteiger partial charge in [0.2, 0.25) is 5.91 Å². The van der Waals surface area contributed by atoms with Gasteiger partial charge >= 0.3 is 0 Å². The summed E-state index contributed by atoms with van der Waals surface area (Å²) in [5, 5.41) is 0.575. The number of thioether (sulfide) groups is 1. The molecule has 0 aliphatic carbocycles. The minimum atomic E-state index is -0.0163. The fraction of sp³-hybridized carbons (Fsp3) is 0.889. The second-order valence-electron chi connectivity index (χ2n) is 3.70. The molecule has 0 aromatic carbocycles. The molecule has 1 aliphatic rings. The van der Waals surface area contributed by atoms with Crippen molar-refractivity contribution in [1.82, 2.24) is 4.90 Å². The molecule has 2 atom stereocenters. The van der Waals surface area contributed by atoms with E-state index in [2.05, 4.69) is 6.92 Å². The Morgan fingerprint density at radius 1 is 1.77 bits per heavy atom. The fourth-order valence-corrected chi connectivity index (χ4v) is 2.46. The Morgan fingerprint density at radius 2 is 2.46 bits per heavy atom. The van der Waals surface area contributed by atoms with Gasteiger partial charge in [0, 0.05) is 36.6 Å². The maximum absolute atomic E-state index is 11.6. The zero-order valence-electron chi connectivity index (χ0n) is 8.32. The van der Waals surface area contributed by atoms with E-state index in [-0.39, 0.29) is 11.9 Å². The topological polar surface area (TPSA) is 46.3 Å². The molecule has 0 spiro atoms. The van der Waals surface area contributed by atoms with Crippen molar-refractivity contribution in [2.45, 2.75) is 31.6 Å². The molecule has 4 heteroatoms. The van der Waals surface area contributed by atoms with Crippen LogP contribution in [0.15, 0.2) is 0 Å². The van der Waals surface area contributed by atoms with Crippen LogP contribution in [0.4, 0.5) is 0 Å². The summed E-state index contributed by atoms with van der Waals surface area (Å²) in [6, 6.07) is -0.0163. The first kappa shape index (κ1) is 10.9. The van der Waals surface area contributed by atoms with Crippen molar-refractivity contribution < 1.29 is 4.79 Å². The summed E-state index contributed by atoms with van der Waals surface area (Å²) in [6.07, 6.45) is 0.484. The molecule has 0 aromatic rings. The van der Waals surface area contributed by atoms with Gasteiger partial charge in [-0.15, -0.1) is 0 Å². The van der Waals surface area contributed by atoms with Crippen LogP contribution in [0.1, 0.15) is 20.3 Å². The summed E-state index contributed by atoms with van der Waals surface area (Å²) in [5.41, 5.74) is 5.58. The third-order valence-corrected chi connectivity index (χ3v) is 3.23. The van der Waals surface area contributed by atoms with Crippen molar-refractivity contribution in [3.05, 3.63) is 0 Å². The highest BCUT2D eigenvalue weighted by atomic mass is 32.2. The van der Waals surface area contributed by atoms with E-state index in [1.54, 1.807) is 0 Å². The van der Waals surface area contributed by atoms with Crippen LogP contribution < -0.4 is 5.73 Å². The zero-order chi connectivity index (χ0) is 9.84. The summed E-state index contributed by atoms with van der Waals surface area (Å²) < 4.78 is 0. The van der Waals surface area contributed by atoms with Crippen molar-refractivity contribution in [2.24, 2.45) is 5.73 Å². The molecule has 13 heavy (non-hydrogen) atoms. The van der Waals surface area contributed by atoms with E-state index in [9.17, 15) is 4.79 Å². The summed E-state index contributed by atoms with van der Waals surface area (Å²) in [7, 11) is 0. The van der Waals surface area contributed by atoms with Crippen molar-refractivity contribution >= 4 is 17.7 Å². The summed E-state index contributed by atoms with van der Waals surface area (Å²) in [6.45, 7) is 5.81. The monoisotopic (exact) mass is 202 g/mol. The Balaban J connectivity index is 2.37. The third-order valence-electron chi connectivity index (χ3n) is 2.09. The number of rotatable bonds is 2. The summed E-state index contributed by atoms with van der Waals surface area (Å²) in [4.78, 5) is 13.5. The number of carbonyl (C=O) groups is 1. The largest absolute Gasteiger partial charge is 0.341 e. The minimum absolute atomic E-state index is 0.0163. The molecule has 1 rings (SSSR count). The molecule has 3 nitrogen and oxygen atoms in total. The molecule has 2 N–H and O–H groups in total. The Hall–Kier alpha value is -0.220. The highest BCUT2D eigenvalue weighted by Crippen LogP contribution is 2.18. The number of hydrogen-bond acceptors (Lipinski definition) is 3. The molecule has 1 aliphatic heterocycles. The van der Waals surface area contributed by atoms with Gasteiger partial charge in [0.05, 0.1) is 0 Å². The SMILES string of the molecule is CC(N)CC(=O)N1CCSC(C)C1. The van der Waals surface area contributed by atoms with Crippen molar-refractivity contribution in [3.63, 3.8) is 0 Å². The van der Waals surface area contributed by atoms with Crippen molar-refractivity contribution in [1.29, 1.82) is 0 Å². The highest BCUT2D eigenvalue weighted by molar-refractivity contribution is 7.99. The van der Waals surface area contributed by atoms with Crippen LogP contribution in [-0.4, -0.2) is 40.9 Å². The van der Waals surface area contributed by atoms with Gasteiger partial charge in [0.25, 0.3) is 0 Å². The highest BCUT2D eigenvalue weighted by Gasteiger charge is 2.21. The van der Waals surface area contributed by atoms with Gasteiger partial charge in [-0.25, -0.2) is 0 Å². The van der Waals surface area contributed by atoms with Crippen LogP contribution >= 0.6 is 11.8 Å². The molecule has 1 fully saturated rings. The first-order chi connectivity index (χ1) is 6.09. The molecule has 1 amide bonds. The zero-order valence-corrected chi connectivity index (χ0v) is 9.14. The lowest BCUT2D eigenvalue weighted by atomic mass is 10.2. The maximum Gasteiger partial charge on any atom is 0.224 e. The number of amides is 1. The van der Waals surface area contributed by atoms with E-state index in [1.807, 2.05) is 23.6 Å². The van der Waals surface area contributed by atoms with E-state index in [0.717, 1.165) is 18.8 Å². The predicted molar refractivity (Wildman–Crippen MR) is 56.8 cm³/mol. The molecule has 1 saturated heterocycles. The van der Waals surface area contributed by atoms with Gasteiger partial charge in [-0.3, -0.25) is 4.79 Å². The number of nitrogens with two attached hydrogens (primary N) is 1. The van der Waals surface area contributed by atoms with E-state index in [4.69, 9.17) is 5.73 Å². The Labute approximate surface area is 84.0 Å². The van der Waals surface area contributed by atoms with Gasteiger partial charge < -0.3 is 10.6 Å². The van der Waals surface area contributed by atoms with Crippen LogP contribution in [0.2, 0.25) is 0 Å². The van der Waals surface area contributed by atoms with Gasteiger partial charge in [-0.2, -0.15) is 11.8 Å². The summed E-state index contributed by atoms with van der Waals surface area (Å²) in [5.74, 6) is 1.27. The van der Waals surface area contributed by atoms with Gasteiger partial charge in [-0.05, 0) is 6.92 Å². The number of nitrogens with zero attached hydrogens (tertiary/aromatic N) is 1. The smallest absolute Gasteiger partial charge is 0.224 e. The fourth-order valence-electron chi connectivity index (χ4n) is 1.45. The lowest BCUT2D eigenvalue weighted by molar-refractivity contribution is -0.131. The van der Waals surface area contributed by atoms with Crippen molar-refractivity contribution in [2.75, 3.05) is 18.8 Å². The van der Waals surface area contributed by atoms with Crippen LogP contribution in [0.3, 0.4) is 0 Å². The molecule has 0 radical (unpaired) electrons. The second-order valence-corrected chi connectivity index (χ2v) is 5.25. The van der Waals surface area contributed by atoms with Crippen LogP contribution in [0, 0.1) is 0 Å². The van der Waals surface area contributed by atoms with Gasteiger partial charge in [-0.1, -0.05) is 6.92 Å². The van der Waals surface area contributed by atoms with E-state index >= 15 is 0 Å². The van der Waals surface area contributed by atoms with Gasteiger partial charge in [0.15, 0.2) is 0 Å². The number of carbonyl (C=O) groups excluding carboxylic acids is 1. The minimum Gasteiger partial charge on any atom is -0.341 e. The van der Waals surface area contributed by atoms with Gasteiger partial charge in [0.1, 0.15) is 0 Å². The first-order valence-electron chi connectivity index (χ1n) is 4.74. The Kier molecular flexibility index (Phi) is 4.06. The normalized spacial score (nSPS) is 25.8. The average Bonchev–Trinajstić information content (AvgIpc) is 2.03. The van der Waals surface area contributed by atoms with E-state index in [1.165, 1.54) is 0 Å². The molecule has 0 saturated carbocycles. The van der Waals surface area contributed by atoms with Crippen molar-refractivity contribution in [3.8, 4) is 0 Å². The van der Waals surface area contributed by atoms with E-state index in [0.29, 0.717) is 11.7 Å². The lowest BCUT2D eigenvalue weighted by Gasteiger charge is -2.31. The maximum atomic E-state index is 11.6. The Morgan fingerprint density at radius 3 is 3.00 bits per heavy atom. The second kappa shape index (κ2) is 4.86. The van der Waals surface area contributed by atoms with Crippen LogP contribution in [0.25, 0.3) is 0 Å². The lowest BCUT2D eigenvalue weighted by Crippen LogP contribution is -2.42. The molecule has 76 valence electrons. The summed E-state index contributed by atoms with van der Waals surface area (Å²) >= 11 is 1.93. The standard InChI is InChI=1S/C9H18N2OS/c1-7(10)5-9(12)11-3-4-13-8(2)6-11/h7-8H,3-6,10H2,1-2H3. The predicted octanol–water partition coefficient (Wildman–Crippen LogP) is 0.688. The van der Waals surface area contributed by atoms with Crippen LogP contribution in [-0.2, 0) is 4.79 Å². The van der Waals surface area contributed by atoms with Crippen LogP contribution in [0.5, 0.6) is 0 Å². The van der Waals surface area contributed by atoms with E-state index < -0.39 is 0 Å². The molecule has 0 bridgehead atoms. The quantitative estimate of drug-likeness (QED) is 0.716. The first-order valence-corrected chi connectivity index (χ1v) is 5.79. The molecule has 2 unspecified atom stereocenters.